The van der Waals surface area contributed by atoms with Crippen LogP contribution in [-0.4, -0.2) is 21.3 Å². The van der Waals surface area contributed by atoms with Gasteiger partial charge < -0.3 is 19.5 Å². The van der Waals surface area contributed by atoms with E-state index in [1.54, 1.807) is 21.3 Å². The molecule has 0 amide bonds. The quantitative estimate of drug-likeness (QED) is 0.822. The molecule has 1 N–H and O–H groups in total. The van der Waals surface area contributed by atoms with Crippen LogP contribution in [0.3, 0.4) is 0 Å². The molecule has 2 aromatic carbocycles. The summed E-state index contributed by atoms with van der Waals surface area (Å²) in [6.45, 7) is 2.77. The number of rotatable bonds is 7. The molecule has 1 atom stereocenters. The van der Waals surface area contributed by atoms with Gasteiger partial charge in [0.05, 0.1) is 21.3 Å². The summed E-state index contributed by atoms with van der Waals surface area (Å²) < 4.78 is 16.1. The first-order valence-corrected chi connectivity index (χ1v) is 7.74. The minimum absolute atomic E-state index is 0.174. The molecular weight excluding hydrogens is 314 g/mol. The largest absolute Gasteiger partial charge is 0.493 e. The van der Waals surface area contributed by atoms with E-state index in [4.69, 9.17) is 25.8 Å². The van der Waals surface area contributed by atoms with E-state index in [-0.39, 0.29) is 6.04 Å². The van der Waals surface area contributed by atoms with Gasteiger partial charge in [-0.05, 0) is 42.3 Å². The van der Waals surface area contributed by atoms with E-state index in [1.165, 1.54) is 0 Å². The second kappa shape index (κ2) is 8.09. The van der Waals surface area contributed by atoms with Crippen molar-refractivity contribution in [2.75, 3.05) is 21.3 Å². The van der Waals surface area contributed by atoms with E-state index in [0.717, 1.165) is 16.1 Å². The van der Waals surface area contributed by atoms with Gasteiger partial charge in [-0.3, -0.25) is 0 Å². The lowest BCUT2D eigenvalue weighted by molar-refractivity contribution is 0.323. The second-order valence-electron chi connectivity index (χ2n) is 5.19. The third kappa shape index (κ3) is 4.30. The van der Waals surface area contributed by atoms with Crippen LogP contribution in [0, 0.1) is 0 Å². The monoisotopic (exact) mass is 335 g/mol. The molecule has 0 aliphatic heterocycles. The SMILES string of the molecule is COc1cc(CN[C@H](C)c2cccc(Cl)c2)cc(OC)c1OC. The molecule has 0 spiro atoms. The van der Waals surface area contributed by atoms with Gasteiger partial charge in [0.1, 0.15) is 0 Å². The molecule has 2 rings (SSSR count). The summed E-state index contributed by atoms with van der Waals surface area (Å²) in [4.78, 5) is 0. The topological polar surface area (TPSA) is 39.7 Å². The van der Waals surface area contributed by atoms with Gasteiger partial charge in [0, 0.05) is 17.6 Å². The molecule has 0 aliphatic carbocycles. The van der Waals surface area contributed by atoms with E-state index in [0.29, 0.717) is 23.8 Å². The summed E-state index contributed by atoms with van der Waals surface area (Å²) in [5.41, 5.74) is 2.19. The van der Waals surface area contributed by atoms with Crippen LogP contribution in [0.15, 0.2) is 36.4 Å². The Kier molecular flexibility index (Phi) is 6.13. The van der Waals surface area contributed by atoms with Crippen molar-refractivity contribution in [3.05, 3.63) is 52.5 Å². The molecule has 0 aliphatic rings. The van der Waals surface area contributed by atoms with Gasteiger partial charge in [-0.1, -0.05) is 23.7 Å². The molecule has 0 saturated carbocycles. The zero-order chi connectivity index (χ0) is 16.8. The highest BCUT2D eigenvalue weighted by Crippen LogP contribution is 2.38. The third-order valence-electron chi connectivity index (χ3n) is 3.69. The van der Waals surface area contributed by atoms with E-state index in [1.807, 2.05) is 30.3 Å². The average Bonchev–Trinajstić information content (AvgIpc) is 2.58. The molecule has 23 heavy (non-hydrogen) atoms. The summed E-state index contributed by atoms with van der Waals surface area (Å²) in [6.07, 6.45) is 0. The number of hydrogen-bond donors (Lipinski definition) is 1. The van der Waals surface area contributed by atoms with Gasteiger partial charge in [0.2, 0.25) is 5.75 Å². The molecule has 4 nitrogen and oxygen atoms in total. The van der Waals surface area contributed by atoms with Crippen molar-refractivity contribution in [1.82, 2.24) is 5.32 Å². The minimum Gasteiger partial charge on any atom is -0.493 e. The molecular formula is C18H22ClNO3. The van der Waals surface area contributed by atoms with Crippen molar-refractivity contribution in [3.8, 4) is 17.2 Å². The number of ether oxygens (including phenoxy) is 3. The van der Waals surface area contributed by atoms with Crippen LogP contribution >= 0.6 is 11.6 Å². The summed E-state index contributed by atoms with van der Waals surface area (Å²) in [6, 6.07) is 11.9. The average molecular weight is 336 g/mol. The zero-order valence-corrected chi connectivity index (χ0v) is 14.6. The van der Waals surface area contributed by atoms with Crippen molar-refractivity contribution >= 4 is 11.6 Å². The lowest BCUT2D eigenvalue weighted by Crippen LogP contribution is -2.18. The van der Waals surface area contributed by atoms with Crippen LogP contribution in [0.5, 0.6) is 17.2 Å². The number of nitrogens with one attached hydrogen (secondary N) is 1. The fourth-order valence-corrected chi connectivity index (χ4v) is 2.60. The lowest BCUT2D eigenvalue weighted by atomic mass is 10.1. The van der Waals surface area contributed by atoms with Crippen molar-refractivity contribution in [2.24, 2.45) is 0 Å². The fourth-order valence-electron chi connectivity index (χ4n) is 2.40. The van der Waals surface area contributed by atoms with Crippen LogP contribution < -0.4 is 19.5 Å². The minimum atomic E-state index is 0.174. The van der Waals surface area contributed by atoms with Gasteiger partial charge in [-0.2, -0.15) is 0 Å². The maximum atomic E-state index is 6.04. The Morgan fingerprint density at radius 3 is 2.17 bits per heavy atom. The Hall–Kier alpha value is -1.91. The van der Waals surface area contributed by atoms with Crippen LogP contribution in [0.4, 0.5) is 0 Å². The lowest BCUT2D eigenvalue weighted by Gasteiger charge is -2.17. The number of halogens is 1. The molecule has 0 saturated heterocycles. The van der Waals surface area contributed by atoms with Crippen molar-refractivity contribution in [2.45, 2.75) is 19.5 Å². The molecule has 5 heteroatoms. The molecule has 0 aromatic heterocycles. The molecule has 0 heterocycles. The van der Waals surface area contributed by atoms with Gasteiger partial charge in [0.25, 0.3) is 0 Å². The number of methoxy groups -OCH3 is 3. The Morgan fingerprint density at radius 2 is 1.65 bits per heavy atom. The molecule has 2 aromatic rings. The summed E-state index contributed by atoms with van der Waals surface area (Å²) in [7, 11) is 4.83. The molecule has 0 unspecified atom stereocenters. The smallest absolute Gasteiger partial charge is 0.203 e. The Labute approximate surface area is 142 Å². The normalized spacial score (nSPS) is 11.9. The van der Waals surface area contributed by atoms with Crippen molar-refractivity contribution in [1.29, 1.82) is 0 Å². The van der Waals surface area contributed by atoms with Crippen LogP contribution in [0.2, 0.25) is 5.02 Å². The standard InChI is InChI=1S/C18H22ClNO3/c1-12(14-6-5-7-15(19)10-14)20-11-13-8-16(21-2)18(23-4)17(9-13)22-3/h5-10,12,20H,11H2,1-4H3/t12-/m1/s1. The van der Waals surface area contributed by atoms with Gasteiger partial charge in [-0.15, -0.1) is 0 Å². The first kappa shape index (κ1) is 17.4. The molecule has 0 radical (unpaired) electrons. The highest BCUT2D eigenvalue weighted by atomic mass is 35.5. The van der Waals surface area contributed by atoms with Gasteiger partial charge >= 0.3 is 0 Å². The van der Waals surface area contributed by atoms with E-state index in [2.05, 4.69) is 18.3 Å². The first-order valence-electron chi connectivity index (χ1n) is 7.36. The molecule has 124 valence electrons. The highest BCUT2D eigenvalue weighted by Gasteiger charge is 2.13. The number of benzene rings is 2. The number of hydrogen-bond acceptors (Lipinski definition) is 4. The van der Waals surface area contributed by atoms with Gasteiger partial charge in [-0.25, -0.2) is 0 Å². The summed E-state index contributed by atoms with van der Waals surface area (Å²) in [5.74, 6) is 1.90. The van der Waals surface area contributed by atoms with E-state index in [9.17, 15) is 0 Å². The first-order chi connectivity index (χ1) is 11.1. The third-order valence-corrected chi connectivity index (χ3v) is 3.92. The van der Waals surface area contributed by atoms with Crippen molar-refractivity contribution in [3.63, 3.8) is 0 Å². The fraction of sp³-hybridized carbons (Fsp3) is 0.333. The van der Waals surface area contributed by atoms with Gasteiger partial charge in [0.15, 0.2) is 11.5 Å². The summed E-state index contributed by atoms with van der Waals surface area (Å²) >= 11 is 6.04. The maximum Gasteiger partial charge on any atom is 0.203 e. The van der Waals surface area contributed by atoms with Crippen LogP contribution in [-0.2, 0) is 6.54 Å². The van der Waals surface area contributed by atoms with E-state index >= 15 is 0 Å². The Balaban J connectivity index is 2.14. The second-order valence-corrected chi connectivity index (χ2v) is 5.63. The summed E-state index contributed by atoms with van der Waals surface area (Å²) in [5, 5.41) is 4.21. The molecule has 0 fully saturated rings. The Bertz CT molecular complexity index is 635. The van der Waals surface area contributed by atoms with Crippen LogP contribution in [0.25, 0.3) is 0 Å². The molecule has 0 bridgehead atoms. The zero-order valence-electron chi connectivity index (χ0n) is 13.9. The van der Waals surface area contributed by atoms with Crippen LogP contribution in [0.1, 0.15) is 24.1 Å². The highest BCUT2D eigenvalue weighted by molar-refractivity contribution is 6.30. The predicted octanol–water partition coefficient (Wildman–Crippen LogP) is 4.22. The van der Waals surface area contributed by atoms with Crippen molar-refractivity contribution < 1.29 is 14.2 Å². The predicted molar refractivity (Wildman–Crippen MR) is 92.8 cm³/mol. The Morgan fingerprint density at radius 1 is 1.00 bits per heavy atom. The maximum absolute atomic E-state index is 6.04. The van der Waals surface area contributed by atoms with E-state index < -0.39 is 0 Å².